The van der Waals surface area contributed by atoms with Crippen molar-refractivity contribution in [3.05, 3.63) is 50.9 Å². The van der Waals surface area contributed by atoms with E-state index in [1.165, 1.54) is 17.5 Å². The summed E-state index contributed by atoms with van der Waals surface area (Å²) in [5, 5.41) is 3.42. The fraction of sp³-hybridized carbons (Fsp3) is 0.188. The topological polar surface area (TPSA) is 114 Å². The SMILES string of the molecule is CCOC(=O)Cc1nc(-c2ccc(N=[N+]=[N-])nc2)oc1-c1ccc(Cl)s1. The molecule has 0 aliphatic carbocycles. The molecule has 0 atom stereocenters. The van der Waals surface area contributed by atoms with Gasteiger partial charge in [0.25, 0.3) is 0 Å². The van der Waals surface area contributed by atoms with E-state index in [1.807, 2.05) is 0 Å². The van der Waals surface area contributed by atoms with Crippen molar-refractivity contribution < 1.29 is 13.9 Å². The third-order valence-electron chi connectivity index (χ3n) is 3.25. The van der Waals surface area contributed by atoms with Crippen molar-refractivity contribution in [3.63, 3.8) is 0 Å². The van der Waals surface area contributed by atoms with Gasteiger partial charge in [-0.1, -0.05) is 11.6 Å². The van der Waals surface area contributed by atoms with Crippen LogP contribution in [0, 0.1) is 0 Å². The van der Waals surface area contributed by atoms with Gasteiger partial charge >= 0.3 is 5.97 Å². The predicted molar refractivity (Wildman–Crippen MR) is 97.2 cm³/mol. The van der Waals surface area contributed by atoms with Crippen LogP contribution in [0.2, 0.25) is 4.34 Å². The molecule has 8 nitrogen and oxygen atoms in total. The van der Waals surface area contributed by atoms with Gasteiger partial charge in [0.1, 0.15) is 5.82 Å². The van der Waals surface area contributed by atoms with Gasteiger partial charge in [0.2, 0.25) is 5.89 Å². The summed E-state index contributed by atoms with van der Waals surface area (Å²) in [5.41, 5.74) is 9.47. The van der Waals surface area contributed by atoms with Gasteiger partial charge in [0, 0.05) is 11.1 Å². The van der Waals surface area contributed by atoms with Crippen LogP contribution in [0.15, 0.2) is 40.0 Å². The van der Waals surface area contributed by atoms with Crippen molar-refractivity contribution in [3.8, 4) is 22.1 Å². The van der Waals surface area contributed by atoms with Crippen LogP contribution in [0.3, 0.4) is 0 Å². The number of azide groups is 1. The number of hydrogen-bond donors (Lipinski definition) is 0. The predicted octanol–water partition coefficient (Wildman–Crippen LogP) is 5.17. The van der Waals surface area contributed by atoms with E-state index in [0.29, 0.717) is 27.2 Å². The number of carbonyl (C=O) groups is 1. The molecule has 10 heteroatoms. The zero-order valence-corrected chi connectivity index (χ0v) is 15.1. The Kier molecular flexibility index (Phi) is 5.52. The molecule has 0 spiro atoms. The van der Waals surface area contributed by atoms with Gasteiger partial charge < -0.3 is 9.15 Å². The molecule has 0 aliphatic rings. The highest BCUT2D eigenvalue weighted by atomic mass is 35.5. The first-order valence-corrected chi connectivity index (χ1v) is 8.72. The lowest BCUT2D eigenvalue weighted by Gasteiger charge is -2.00. The lowest BCUT2D eigenvalue weighted by Crippen LogP contribution is -2.08. The van der Waals surface area contributed by atoms with E-state index in [1.54, 1.807) is 31.2 Å². The number of nitrogens with zero attached hydrogens (tertiary/aromatic N) is 5. The van der Waals surface area contributed by atoms with Crippen molar-refractivity contribution in [1.82, 2.24) is 9.97 Å². The molecule has 0 radical (unpaired) electrons. The molecular formula is C16H12ClN5O3S. The van der Waals surface area contributed by atoms with Crippen molar-refractivity contribution in [2.24, 2.45) is 5.11 Å². The Hall–Kier alpha value is -2.87. The normalized spacial score (nSPS) is 10.4. The molecule has 0 aliphatic heterocycles. The van der Waals surface area contributed by atoms with Gasteiger partial charge in [-0.15, -0.1) is 11.3 Å². The summed E-state index contributed by atoms with van der Waals surface area (Å²) < 4.78 is 11.5. The Morgan fingerprint density at radius 2 is 2.27 bits per heavy atom. The molecule has 0 aromatic carbocycles. The average molecular weight is 390 g/mol. The number of hydrogen-bond acceptors (Lipinski definition) is 7. The zero-order valence-electron chi connectivity index (χ0n) is 13.5. The fourth-order valence-corrected chi connectivity index (χ4v) is 3.24. The first-order valence-electron chi connectivity index (χ1n) is 7.53. The van der Waals surface area contributed by atoms with Crippen molar-refractivity contribution in [1.29, 1.82) is 0 Å². The van der Waals surface area contributed by atoms with Crippen LogP contribution < -0.4 is 0 Å². The van der Waals surface area contributed by atoms with Crippen LogP contribution in [0.25, 0.3) is 32.5 Å². The quantitative estimate of drug-likeness (QED) is 0.250. The Balaban J connectivity index is 1.99. The molecule has 3 heterocycles. The minimum Gasteiger partial charge on any atom is -0.466 e. The maximum atomic E-state index is 11.9. The second-order valence-electron chi connectivity index (χ2n) is 4.97. The summed E-state index contributed by atoms with van der Waals surface area (Å²) >= 11 is 7.33. The van der Waals surface area contributed by atoms with Gasteiger partial charge in [-0.2, -0.15) is 0 Å². The number of rotatable bonds is 6. The second kappa shape index (κ2) is 8.01. The van der Waals surface area contributed by atoms with Crippen molar-refractivity contribution in [2.45, 2.75) is 13.3 Å². The highest BCUT2D eigenvalue weighted by molar-refractivity contribution is 7.19. The van der Waals surface area contributed by atoms with Crippen molar-refractivity contribution >= 4 is 34.7 Å². The monoisotopic (exact) mass is 389 g/mol. The Labute approximate surface area is 157 Å². The zero-order chi connectivity index (χ0) is 18.5. The van der Waals surface area contributed by atoms with Gasteiger partial charge in [-0.25, -0.2) is 4.98 Å². The molecule has 0 bridgehead atoms. The maximum absolute atomic E-state index is 11.9. The smallest absolute Gasteiger partial charge is 0.312 e. The second-order valence-corrected chi connectivity index (χ2v) is 6.69. The summed E-state index contributed by atoms with van der Waals surface area (Å²) in [6.45, 7) is 2.03. The number of pyridine rings is 1. The summed E-state index contributed by atoms with van der Waals surface area (Å²) in [7, 11) is 0. The van der Waals surface area contributed by atoms with Crippen LogP contribution >= 0.6 is 22.9 Å². The average Bonchev–Trinajstić information content (AvgIpc) is 3.22. The number of esters is 1. The first kappa shape index (κ1) is 17.9. The van der Waals surface area contributed by atoms with E-state index in [4.69, 9.17) is 26.3 Å². The molecule has 0 unspecified atom stereocenters. The van der Waals surface area contributed by atoms with Crippen LogP contribution in [0.1, 0.15) is 12.6 Å². The third kappa shape index (κ3) is 4.02. The Morgan fingerprint density at radius 1 is 1.42 bits per heavy atom. The van der Waals surface area contributed by atoms with E-state index in [9.17, 15) is 4.79 Å². The molecule has 3 rings (SSSR count). The molecule has 3 aromatic rings. The highest BCUT2D eigenvalue weighted by Crippen LogP contribution is 2.36. The molecule has 0 fully saturated rings. The number of thiophene rings is 1. The van der Waals surface area contributed by atoms with Gasteiger partial charge in [-0.3, -0.25) is 9.78 Å². The van der Waals surface area contributed by atoms with E-state index in [-0.39, 0.29) is 18.8 Å². The molecular weight excluding hydrogens is 378 g/mol. The van der Waals surface area contributed by atoms with Gasteiger partial charge in [-0.05, 0) is 41.8 Å². The van der Waals surface area contributed by atoms with Gasteiger partial charge in [0.05, 0.1) is 33.5 Å². The number of aromatic nitrogens is 2. The lowest BCUT2D eigenvalue weighted by molar-refractivity contribution is -0.142. The lowest BCUT2D eigenvalue weighted by atomic mass is 10.2. The molecule has 3 aromatic heterocycles. The number of oxazole rings is 1. The fourth-order valence-electron chi connectivity index (χ4n) is 2.19. The number of ether oxygens (including phenoxy) is 1. The van der Waals surface area contributed by atoms with E-state index >= 15 is 0 Å². The summed E-state index contributed by atoms with van der Waals surface area (Å²) in [4.78, 5) is 23.8. The maximum Gasteiger partial charge on any atom is 0.312 e. The summed E-state index contributed by atoms with van der Waals surface area (Å²) in [6.07, 6.45) is 1.46. The van der Waals surface area contributed by atoms with Gasteiger partial charge in [0.15, 0.2) is 5.76 Å². The van der Waals surface area contributed by atoms with Crippen LogP contribution in [0.5, 0.6) is 0 Å². The van der Waals surface area contributed by atoms with Crippen LogP contribution in [-0.4, -0.2) is 22.5 Å². The molecule has 0 amide bonds. The standard InChI is InChI=1S/C16H12ClN5O3S/c1-2-24-14(23)7-10-15(11-4-5-12(17)26-11)25-16(20-10)9-3-6-13(19-8-9)21-22-18/h3-6,8H,2,7H2,1H3. The van der Waals surface area contributed by atoms with E-state index < -0.39 is 5.97 Å². The summed E-state index contributed by atoms with van der Waals surface area (Å²) in [5.74, 6) is 0.598. The summed E-state index contributed by atoms with van der Waals surface area (Å²) in [6, 6.07) is 6.76. The largest absolute Gasteiger partial charge is 0.466 e. The first-order chi connectivity index (χ1) is 12.6. The third-order valence-corrected chi connectivity index (χ3v) is 4.48. The number of carbonyl (C=O) groups excluding carboxylic acids is 1. The molecule has 0 N–H and O–H groups in total. The van der Waals surface area contributed by atoms with E-state index in [2.05, 4.69) is 20.0 Å². The van der Waals surface area contributed by atoms with Crippen molar-refractivity contribution in [2.75, 3.05) is 6.61 Å². The Bertz CT molecular complexity index is 976. The Morgan fingerprint density at radius 3 is 2.88 bits per heavy atom. The minimum atomic E-state index is -0.395. The minimum absolute atomic E-state index is 0.0214. The molecule has 132 valence electrons. The molecule has 0 saturated heterocycles. The molecule has 0 saturated carbocycles. The van der Waals surface area contributed by atoms with Crippen LogP contribution in [0.4, 0.5) is 5.82 Å². The van der Waals surface area contributed by atoms with E-state index in [0.717, 1.165) is 4.88 Å². The highest BCUT2D eigenvalue weighted by Gasteiger charge is 2.21. The number of halogens is 1. The van der Waals surface area contributed by atoms with Crippen LogP contribution in [-0.2, 0) is 16.0 Å². The molecule has 26 heavy (non-hydrogen) atoms.